The van der Waals surface area contributed by atoms with Crippen molar-refractivity contribution in [2.45, 2.75) is 72.6 Å². The van der Waals surface area contributed by atoms with Crippen molar-refractivity contribution in [1.82, 2.24) is 10.2 Å². The number of hydrogen-bond acceptors (Lipinski definition) is 5. The molecule has 1 atom stereocenters. The van der Waals surface area contributed by atoms with Gasteiger partial charge in [0.25, 0.3) is 0 Å². The lowest BCUT2D eigenvalue weighted by atomic mass is 10.1. The number of nitrogens with one attached hydrogen (secondary N) is 1. The molecule has 0 aromatic rings. The molecule has 130 valence electrons. The number of nitrogens with zero attached hydrogens (tertiary/aromatic N) is 1. The minimum Gasteiger partial charge on any atom is -0.465 e. The summed E-state index contributed by atoms with van der Waals surface area (Å²) in [6, 6.07) is -0.402. The minimum absolute atomic E-state index is 0.290. The fraction of sp³-hybridized carbons (Fsp3) is 0.875. The molecule has 0 saturated heterocycles. The van der Waals surface area contributed by atoms with Gasteiger partial charge in [0.2, 0.25) is 0 Å². The van der Waals surface area contributed by atoms with Crippen LogP contribution in [-0.2, 0) is 14.3 Å². The van der Waals surface area contributed by atoms with Gasteiger partial charge in [-0.3, -0.25) is 4.79 Å². The van der Waals surface area contributed by atoms with Crippen LogP contribution in [0.4, 0.5) is 4.79 Å². The van der Waals surface area contributed by atoms with E-state index in [1.807, 2.05) is 41.5 Å². The first-order valence-electron chi connectivity index (χ1n) is 7.79. The van der Waals surface area contributed by atoms with Crippen molar-refractivity contribution in [1.29, 1.82) is 0 Å². The summed E-state index contributed by atoms with van der Waals surface area (Å²) in [7, 11) is 0. The van der Waals surface area contributed by atoms with Crippen LogP contribution in [0.15, 0.2) is 0 Å². The van der Waals surface area contributed by atoms with Gasteiger partial charge >= 0.3 is 12.1 Å². The zero-order valence-electron chi connectivity index (χ0n) is 15.3. The Morgan fingerprint density at radius 3 is 2.09 bits per heavy atom. The number of ether oxygens (including phenoxy) is 2. The van der Waals surface area contributed by atoms with Crippen molar-refractivity contribution in [2.24, 2.45) is 0 Å². The first-order chi connectivity index (χ1) is 9.88. The first kappa shape index (κ1) is 20.7. The van der Waals surface area contributed by atoms with Crippen molar-refractivity contribution in [2.75, 3.05) is 19.7 Å². The number of amides is 1. The maximum atomic E-state index is 12.3. The molecule has 6 nitrogen and oxygen atoms in total. The fourth-order valence-electron chi connectivity index (χ4n) is 1.76. The highest BCUT2D eigenvalue weighted by molar-refractivity contribution is 5.75. The summed E-state index contributed by atoms with van der Waals surface area (Å²) in [4.78, 5) is 25.5. The van der Waals surface area contributed by atoms with Crippen molar-refractivity contribution in [3.05, 3.63) is 0 Å². The maximum Gasteiger partial charge on any atom is 0.410 e. The second-order valence-corrected chi connectivity index (χ2v) is 7.23. The van der Waals surface area contributed by atoms with Gasteiger partial charge in [-0.25, -0.2) is 4.79 Å². The second-order valence-electron chi connectivity index (χ2n) is 7.23. The Hall–Kier alpha value is -1.30. The van der Waals surface area contributed by atoms with E-state index in [-0.39, 0.29) is 17.6 Å². The van der Waals surface area contributed by atoms with Gasteiger partial charge in [-0.1, -0.05) is 0 Å². The number of carbonyl (C=O) groups is 2. The van der Waals surface area contributed by atoms with E-state index in [0.29, 0.717) is 19.7 Å². The van der Waals surface area contributed by atoms with E-state index in [2.05, 4.69) is 5.32 Å². The minimum atomic E-state index is -0.535. The van der Waals surface area contributed by atoms with Crippen molar-refractivity contribution < 1.29 is 19.1 Å². The standard InChI is InChI=1S/C16H32N2O4/c1-9-21-13(19)12(2)17-10-11-18(15(3,4)5)14(20)22-16(6,7)8/h12,17H,9-11H2,1-8H3. The molecule has 0 radical (unpaired) electrons. The van der Waals surface area contributed by atoms with Crippen molar-refractivity contribution in [3.8, 4) is 0 Å². The summed E-state index contributed by atoms with van der Waals surface area (Å²) < 4.78 is 10.4. The molecule has 0 aliphatic heterocycles. The van der Waals surface area contributed by atoms with Crippen LogP contribution in [0.2, 0.25) is 0 Å². The van der Waals surface area contributed by atoms with Gasteiger partial charge in [-0.2, -0.15) is 0 Å². The molecule has 6 heteroatoms. The molecule has 0 fully saturated rings. The van der Waals surface area contributed by atoms with Crippen LogP contribution in [0.25, 0.3) is 0 Å². The molecule has 0 heterocycles. The summed E-state index contributed by atoms with van der Waals surface area (Å²) in [6.07, 6.45) is -0.356. The summed E-state index contributed by atoms with van der Waals surface area (Å²) in [5.41, 5.74) is -0.899. The molecule has 0 aliphatic carbocycles. The number of carbonyl (C=O) groups excluding carboxylic acids is 2. The molecule has 0 aromatic carbocycles. The summed E-state index contributed by atoms with van der Waals surface area (Å²) in [6.45, 7) is 16.2. The number of rotatable bonds is 6. The van der Waals surface area contributed by atoms with Gasteiger partial charge in [-0.05, 0) is 55.4 Å². The first-order valence-corrected chi connectivity index (χ1v) is 7.79. The van der Waals surface area contributed by atoms with Gasteiger partial charge in [0, 0.05) is 18.6 Å². The molecular formula is C16H32N2O4. The lowest BCUT2D eigenvalue weighted by Crippen LogP contribution is -2.51. The fourth-order valence-corrected chi connectivity index (χ4v) is 1.76. The van der Waals surface area contributed by atoms with E-state index in [9.17, 15) is 9.59 Å². The van der Waals surface area contributed by atoms with Crippen LogP contribution in [0, 0.1) is 0 Å². The van der Waals surface area contributed by atoms with E-state index >= 15 is 0 Å². The summed E-state index contributed by atoms with van der Waals surface area (Å²) >= 11 is 0. The molecule has 1 N–H and O–H groups in total. The van der Waals surface area contributed by atoms with Crippen LogP contribution in [-0.4, -0.2) is 53.8 Å². The molecule has 0 saturated carbocycles. The largest absolute Gasteiger partial charge is 0.465 e. The quantitative estimate of drug-likeness (QED) is 0.763. The third-order valence-corrected chi connectivity index (χ3v) is 2.85. The Morgan fingerprint density at radius 1 is 1.14 bits per heavy atom. The second kappa shape index (κ2) is 8.36. The van der Waals surface area contributed by atoms with Crippen molar-refractivity contribution >= 4 is 12.1 Å². The zero-order valence-corrected chi connectivity index (χ0v) is 15.3. The molecule has 0 bridgehead atoms. The summed E-state index contributed by atoms with van der Waals surface area (Å²) in [5.74, 6) is -0.290. The molecule has 1 amide bonds. The Kier molecular flexibility index (Phi) is 7.87. The van der Waals surface area contributed by atoms with Gasteiger partial charge in [0.15, 0.2) is 0 Å². The lowest BCUT2D eigenvalue weighted by molar-refractivity contribution is -0.145. The highest BCUT2D eigenvalue weighted by Crippen LogP contribution is 2.17. The number of esters is 1. The van der Waals surface area contributed by atoms with Gasteiger partial charge in [-0.15, -0.1) is 0 Å². The van der Waals surface area contributed by atoms with Crippen LogP contribution >= 0.6 is 0 Å². The Balaban J connectivity index is 4.57. The molecule has 22 heavy (non-hydrogen) atoms. The Bertz CT molecular complexity index is 369. The van der Waals surface area contributed by atoms with E-state index in [0.717, 1.165) is 0 Å². The smallest absolute Gasteiger partial charge is 0.410 e. The van der Waals surface area contributed by atoms with Gasteiger partial charge < -0.3 is 19.7 Å². The molecule has 0 rings (SSSR count). The highest BCUT2D eigenvalue weighted by atomic mass is 16.6. The topological polar surface area (TPSA) is 67.9 Å². The van der Waals surface area contributed by atoms with E-state index in [4.69, 9.17) is 9.47 Å². The normalized spacial score (nSPS) is 13.5. The van der Waals surface area contributed by atoms with E-state index in [1.54, 1.807) is 18.7 Å². The lowest BCUT2D eigenvalue weighted by Gasteiger charge is -2.37. The SMILES string of the molecule is CCOC(=O)C(C)NCCN(C(=O)OC(C)(C)C)C(C)(C)C. The molecule has 0 spiro atoms. The van der Waals surface area contributed by atoms with Crippen LogP contribution in [0.3, 0.4) is 0 Å². The average Bonchev–Trinajstić information content (AvgIpc) is 2.30. The molecule has 0 aromatic heterocycles. The Labute approximate surface area is 134 Å². The molecular weight excluding hydrogens is 284 g/mol. The van der Waals surface area contributed by atoms with E-state index < -0.39 is 11.6 Å². The maximum absolute atomic E-state index is 12.3. The van der Waals surface area contributed by atoms with Crippen LogP contribution < -0.4 is 5.32 Å². The Morgan fingerprint density at radius 2 is 1.68 bits per heavy atom. The van der Waals surface area contributed by atoms with Crippen molar-refractivity contribution in [3.63, 3.8) is 0 Å². The zero-order chi connectivity index (χ0) is 17.6. The third-order valence-electron chi connectivity index (χ3n) is 2.85. The predicted octanol–water partition coefficient (Wildman–Crippen LogP) is 2.56. The highest BCUT2D eigenvalue weighted by Gasteiger charge is 2.30. The number of hydrogen-bond donors (Lipinski definition) is 1. The van der Waals surface area contributed by atoms with Crippen LogP contribution in [0.1, 0.15) is 55.4 Å². The van der Waals surface area contributed by atoms with E-state index in [1.165, 1.54) is 0 Å². The molecule has 1 unspecified atom stereocenters. The monoisotopic (exact) mass is 316 g/mol. The molecule has 0 aliphatic rings. The van der Waals surface area contributed by atoms with Gasteiger partial charge in [0.1, 0.15) is 11.6 Å². The summed E-state index contributed by atoms with van der Waals surface area (Å²) in [5, 5.41) is 3.06. The van der Waals surface area contributed by atoms with Gasteiger partial charge in [0.05, 0.1) is 6.61 Å². The predicted molar refractivity (Wildman–Crippen MR) is 86.8 cm³/mol. The average molecular weight is 316 g/mol. The van der Waals surface area contributed by atoms with Crippen LogP contribution in [0.5, 0.6) is 0 Å². The third kappa shape index (κ3) is 8.22.